The first kappa shape index (κ1) is 40.0. The summed E-state index contributed by atoms with van der Waals surface area (Å²) in [5, 5.41) is 4.98. The van der Waals surface area contributed by atoms with Crippen LogP contribution in [0.2, 0.25) is 0 Å². The van der Waals surface area contributed by atoms with E-state index in [0.29, 0.717) is 0 Å². The summed E-state index contributed by atoms with van der Waals surface area (Å²) < 4.78 is 2.56. The van der Waals surface area contributed by atoms with E-state index in [0.717, 1.165) is 45.3 Å². The Hall–Kier alpha value is -8.50. The normalized spacial score (nSPS) is 11.3. The molecule has 316 valence electrons. The van der Waals surface area contributed by atoms with Crippen LogP contribution in [0.4, 0.5) is 34.1 Å². The van der Waals surface area contributed by atoms with E-state index in [1.54, 1.807) is 0 Å². The molecule has 0 bridgehead atoms. The van der Waals surface area contributed by atoms with E-state index in [2.05, 4.69) is 277 Å². The lowest BCUT2D eigenvalue weighted by molar-refractivity contribution is 1.28. The molecule has 0 fully saturated rings. The molecule has 12 rings (SSSR count). The third-order valence-corrected chi connectivity index (χ3v) is 13.9. The maximum absolute atomic E-state index is 2.44. The molecule has 0 saturated heterocycles. The number of hydrogen-bond donors (Lipinski definition) is 0. The molecule has 67 heavy (non-hydrogen) atoms. The van der Waals surface area contributed by atoms with Gasteiger partial charge in [0.15, 0.2) is 0 Å². The topological polar surface area (TPSA) is 6.48 Å². The van der Waals surface area contributed by atoms with E-state index in [4.69, 9.17) is 0 Å². The summed E-state index contributed by atoms with van der Waals surface area (Å²) >= 11 is 1.85. The Morgan fingerprint density at radius 3 is 1.45 bits per heavy atom. The highest BCUT2D eigenvalue weighted by Gasteiger charge is 2.21. The van der Waals surface area contributed by atoms with Crippen LogP contribution in [0.1, 0.15) is 0 Å². The van der Waals surface area contributed by atoms with Gasteiger partial charge in [0.1, 0.15) is 0 Å². The highest BCUT2D eigenvalue weighted by molar-refractivity contribution is 7.25. The highest BCUT2D eigenvalue weighted by Crippen LogP contribution is 2.46. The lowest BCUT2D eigenvalue weighted by atomic mass is 9.99. The molecule has 0 aliphatic carbocycles. The van der Waals surface area contributed by atoms with Gasteiger partial charge in [0.05, 0.1) is 5.69 Å². The van der Waals surface area contributed by atoms with Crippen LogP contribution in [-0.2, 0) is 0 Å². The number of hydrogen-bond acceptors (Lipinski definition) is 3. The van der Waals surface area contributed by atoms with Crippen LogP contribution in [0.25, 0.3) is 75.5 Å². The van der Waals surface area contributed by atoms with E-state index in [1.807, 2.05) is 11.3 Å². The number of nitrogens with zero attached hydrogens (tertiary/aromatic N) is 2. The Labute approximate surface area is 395 Å². The summed E-state index contributed by atoms with van der Waals surface area (Å²) in [6.45, 7) is 0. The molecule has 12 aromatic rings. The summed E-state index contributed by atoms with van der Waals surface area (Å²) in [5.41, 5.74) is 16.0. The van der Waals surface area contributed by atoms with E-state index in [-0.39, 0.29) is 0 Å². The molecule has 0 unspecified atom stereocenters. The number of rotatable bonds is 10. The van der Waals surface area contributed by atoms with Gasteiger partial charge in [-0.2, -0.15) is 0 Å². The van der Waals surface area contributed by atoms with E-state index >= 15 is 0 Å². The van der Waals surface area contributed by atoms with Crippen LogP contribution in [0.5, 0.6) is 0 Å². The van der Waals surface area contributed by atoms with Gasteiger partial charge in [0, 0.05) is 54.2 Å². The van der Waals surface area contributed by atoms with Crippen molar-refractivity contribution in [2.45, 2.75) is 0 Å². The first-order valence-electron chi connectivity index (χ1n) is 22.8. The van der Waals surface area contributed by atoms with E-state index in [9.17, 15) is 0 Å². The molecular formula is C64H44N2S. The predicted octanol–water partition coefficient (Wildman–Crippen LogP) is 18.8. The Balaban J connectivity index is 0.999. The van der Waals surface area contributed by atoms with Gasteiger partial charge in [-0.3, -0.25) is 0 Å². The summed E-state index contributed by atoms with van der Waals surface area (Å²) in [6.07, 6.45) is 0. The number of anilines is 6. The summed E-state index contributed by atoms with van der Waals surface area (Å²) in [6, 6.07) is 97.0. The van der Waals surface area contributed by atoms with Crippen molar-refractivity contribution in [2.75, 3.05) is 9.80 Å². The molecule has 0 radical (unpaired) electrons. The Bertz CT molecular complexity index is 3690. The molecule has 0 aliphatic heterocycles. The summed E-state index contributed by atoms with van der Waals surface area (Å²) in [7, 11) is 0. The molecular weight excluding hydrogens is 829 g/mol. The number of benzene rings is 11. The maximum Gasteiger partial charge on any atom is 0.0540 e. The zero-order chi connectivity index (χ0) is 44.5. The molecule has 1 heterocycles. The zero-order valence-corrected chi connectivity index (χ0v) is 37.5. The summed E-state index contributed by atoms with van der Waals surface area (Å²) in [4.78, 5) is 4.83. The molecule has 3 heteroatoms. The van der Waals surface area contributed by atoms with Gasteiger partial charge in [-0.25, -0.2) is 0 Å². The molecule has 0 atom stereocenters. The smallest absolute Gasteiger partial charge is 0.0540 e. The average Bonchev–Trinajstić information content (AvgIpc) is 3.78. The van der Waals surface area contributed by atoms with Gasteiger partial charge in [0.25, 0.3) is 0 Å². The molecule has 0 aliphatic rings. The molecule has 0 spiro atoms. The van der Waals surface area contributed by atoms with Crippen molar-refractivity contribution in [2.24, 2.45) is 0 Å². The van der Waals surface area contributed by atoms with Crippen LogP contribution >= 0.6 is 11.3 Å². The van der Waals surface area contributed by atoms with Gasteiger partial charge in [-0.1, -0.05) is 188 Å². The first-order valence-corrected chi connectivity index (χ1v) is 23.6. The van der Waals surface area contributed by atoms with Crippen LogP contribution in [0.3, 0.4) is 0 Å². The van der Waals surface area contributed by atoms with Crippen molar-refractivity contribution in [1.82, 2.24) is 0 Å². The van der Waals surface area contributed by atoms with Gasteiger partial charge in [-0.15, -0.1) is 11.3 Å². The number of thiophene rings is 1. The lowest BCUT2D eigenvalue weighted by Crippen LogP contribution is -2.12. The number of fused-ring (bicyclic) bond motifs is 4. The molecule has 2 nitrogen and oxygen atoms in total. The Morgan fingerprint density at radius 1 is 0.239 bits per heavy atom. The fourth-order valence-corrected chi connectivity index (χ4v) is 10.7. The quantitative estimate of drug-likeness (QED) is 0.135. The van der Waals surface area contributed by atoms with Crippen molar-refractivity contribution in [3.8, 4) is 44.5 Å². The minimum Gasteiger partial charge on any atom is -0.310 e. The van der Waals surface area contributed by atoms with Crippen molar-refractivity contribution < 1.29 is 0 Å². The third-order valence-electron chi connectivity index (χ3n) is 12.8. The second-order valence-electron chi connectivity index (χ2n) is 17.0. The summed E-state index contributed by atoms with van der Waals surface area (Å²) in [5.74, 6) is 0. The molecule has 1 aromatic heterocycles. The molecule has 0 amide bonds. The molecule has 0 saturated carbocycles. The van der Waals surface area contributed by atoms with Crippen LogP contribution in [-0.4, -0.2) is 0 Å². The van der Waals surface area contributed by atoms with E-state index < -0.39 is 0 Å². The van der Waals surface area contributed by atoms with Crippen LogP contribution in [0, 0.1) is 0 Å². The Morgan fingerprint density at radius 2 is 0.701 bits per heavy atom. The largest absolute Gasteiger partial charge is 0.310 e. The van der Waals surface area contributed by atoms with Crippen molar-refractivity contribution >= 4 is 76.4 Å². The van der Waals surface area contributed by atoms with Crippen LogP contribution in [0.15, 0.2) is 267 Å². The predicted molar refractivity (Wildman–Crippen MR) is 288 cm³/mol. The SMILES string of the molecule is c1ccc(-c2ccc(N(c3cccc(-c4ccccc4N(c4cccc(-c5ccccc5)c4)c4ccc5c(c4)sc4ccccc45)c3)c3ccc4cc(-c5ccccc5)ccc4c3)cc2)cc1. The van der Waals surface area contributed by atoms with Gasteiger partial charge in [-0.05, 0) is 129 Å². The average molecular weight is 873 g/mol. The van der Waals surface area contributed by atoms with Gasteiger partial charge in [0.2, 0.25) is 0 Å². The molecule has 0 N–H and O–H groups in total. The van der Waals surface area contributed by atoms with Gasteiger partial charge < -0.3 is 9.80 Å². The minimum atomic E-state index is 1.07. The zero-order valence-electron chi connectivity index (χ0n) is 36.7. The molecule has 11 aromatic carbocycles. The highest BCUT2D eigenvalue weighted by atomic mass is 32.1. The van der Waals surface area contributed by atoms with Crippen molar-refractivity contribution in [3.63, 3.8) is 0 Å². The minimum absolute atomic E-state index is 1.07. The van der Waals surface area contributed by atoms with Crippen molar-refractivity contribution in [3.05, 3.63) is 267 Å². The van der Waals surface area contributed by atoms with E-state index in [1.165, 1.54) is 64.3 Å². The fraction of sp³-hybridized carbons (Fsp3) is 0. The maximum atomic E-state index is 2.44. The lowest BCUT2D eigenvalue weighted by Gasteiger charge is -2.29. The second kappa shape index (κ2) is 17.5. The van der Waals surface area contributed by atoms with Crippen molar-refractivity contribution in [1.29, 1.82) is 0 Å². The van der Waals surface area contributed by atoms with Crippen LogP contribution < -0.4 is 9.80 Å². The first-order chi connectivity index (χ1) is 33.2. The second-order valence-corrected chi connectivity index (χ2v) is 18.0. The monoisotopic (exact) mass is 872 g/mol. The standard InChI is InChI=1S/C64H44N2S/c1-4-16-45(17-5-1)48-32-35-54(36-33-48)65(57-37-34-51-40-50(30-31-52(51)42-57)47-20-8-3-9-21-47)55-24-15-23-53(43-55)59-26-10-12-28-62(59)66(56-25-14-22-49(41-56)46-18-6-2-7-19-46)58-38-39-61-60-27-11-13-29-63(60)67-64(61)44-58/h1-44H. The fourth-order valence-electron chi connectivity index (χ4n) is 9.52. The Kier molecular flexibility index (Phi) is 10.4. The number of para-hydroxylation sites is 1. The third kappa shape index (κ3) is 7.82. The van der Waals surface area contributed by atoms with Gasteiger partial charge >= 0.3 is 0 Å².